The van der Waals surface area contributed by atoms with Gasteiger partial charge < -0.3 is 0 Å². The molecule has 0 spiro atoms. The van der Waals surface area contributed by atoms with Crippen molar-refractivity contribution >= 4 is 35.5 Å². The van der Waals surface area contributed by atoms with Crippen molar-refractivity contribution < 1.29 is 0 Å². The number of rotatable bonds is 5. The summed E-state index contributed by atoms with van der Waals surface area (Å²) in [5.41, 5.74) is 2.36. The lowest BCUT2D eigenvalue weighted by Gasteiger charge is -2.33. The summed E-state index contributed by atoms with van der Waals surface area (Å²) in [7, 11) is 0. The molecule has 0 amide bonds. The number of hydrazone groups is 1. The molecule has 1 fully saturated rings. The van der Waals surface area contributed by atoms with E-state index in [1.54, 1.807) is 6.21 Å². The van der Waals surface area contributed by atoms with Crippen molar-refractivity contribution in [1.82, 2.24) is 9.91 Å². The maximum Gasteiger partial charge on any atom is 0.0657 e. The van der Waals surface area contributed by atoms with E-state index in [2.05, 4.69) is 27.1 Å². The van der Waals surface area contributed by atoms with Crippen LogP contribution in [0.2, 0.25) is 5.02 Å². The quantitative estimate of drug-likeness (QED) is 0.705. The summed E-state index contributed by atoms with van der Waals surface area (Å²) in [5, 5.41) is 7.98. The third-order valence-corrected chi connectivity index (χ3v) is 4.58. The summed E-state index contributed by atoms with van der Waals surface area (Å²) in [6.07, 6.45) is 3.64. The molecule has 3 rings (SSSR count). The smallest absolute Gasteiger partial charge is 0.0657 e. The molecule has 25 heavy (non-hydrogen) atoms. The molecule has 0 unspecified atom stereocenters. The molecular formula is C20H21Cl2N3. The lowest BCUT2D eigenvalue weighted by Crippen LogP contribution is -2.43. The molecular weight excluding hydrogens is 353 g/mol. The molecule has 3 nitrogen and oxygen atoms in total. The first kappa shape index (κ1) is 18.0. The number of allylic oxidation sites excluding steroid dienone is 1. The van der Waals surface area contributed by atoms with Crippen molar-refractivity contribution in [2.45, 2.75) is 6.54 Å². The molecule has 0 saturated carbocycles. The largest absolute Gasteiger partial charge is 0.295 e. The van der Waals surface area contributed by atoms with Crippen molar-refractivity contribution in [2.75, 3.05) is 26.2 Å². The third-order valence-electron chi connectivity index (χ3n) is 4.12. The molecule has 0 radical (unpaired) electrons. The first-order valence-electron chi connectivity index (χ1n) is 8.37. The molecule has 0 aliphatic carbocycles. The van der Waals surface area contributed by atoms with Gasteiger partial charge in [0, 0.05) is 37.7 Å². The number of piperazine rings is 1. The van der Waals surface area contributed by atoms with Crippen LogP contribution >= 0.6 is 23.2 Å². The van der Waals surface area contributed by atoms with E-state index in [1.807, 2.05) is 48.5 Å². The third kappa shape index (κ3) is 5.89. The molecule has 1 aliphatic heterocycles. The predicted molar refractivity (Wildman–Crippen MR) is 107 cm³/mol. The molecule has 0 bridgehead atoms. The highest BCUT2D eigenvalue weighted by Crippen LogP contribution is 2.13. The molecule has 0 atom stereocenters. The Morgan fingerprint density at radius 1 is 0.960 bits per heavy atom. The van der Waals surface area contributed by atoms with Gasteiger partial charge in [-0.3, -0.25) is 9.91 Å². The molecule has 2 aromatic rings. The Kier molecular flexibility index (Phi) is 6.51. The van der Waals surface area contributed by atoms with Crippen LogP contribution in [0.25, 0.3) is 6.08 Å². The van der Waals surface area contributed by atoms with E-state index in [0.717, 1.165) is 43.3 Å². The summed E-state index contributed by atoms with van der Waals surface area (Å²) < 4.78 is 0. The zero-order valence-electron chi connectivity index (χ0n) is 14.0. The van der Waals surface area contributed by atoms with Crippen molar-refractivity contribution in [3.63, 3.8) is 0 Å². The van der Waals surface area contributed by atoms with Crippen LogP contribution < -0.4 is 0 Å². The summed E-state index contributed by atoms with van der Waals surface area (Å²) in [4.78, 5) is 2.43. The first-order chi connectivity index (χ1) is 12.2. The van der Waals surface area contributed by atoms with Crippen LogP contribution in [0.1, 0.15) is 11.1 Å². The van der Waals surface area contributed by atoms with Crippen LogP contribution in [0, 0.1) is 0 Å². The Bertz CT molecular complexity index is 718. The fourth-order valence-electron chi connectivity index (χ4n) is 2.74. The summed E-state index contributed by atoms with van der Waals surface area (Å²) in [5.74, 6) is 0. The maximum atomic E-state index is 6.25. The fraction of sp³-hybridized carbons (Fsp3) is 0.250. The number of nitrogens with zero attached hydrogens (tertiary/aromatic N) is 3. The van der Waals surface area contributed by atoms with Gasteiger partial charge in [0.05, 0.1) is 11.2 Å². The predicted octanol–water partition coefficient (Wildman–Crippen LogP) is 4.72. The van der Waals surface area contributed by atoms with Gasteiger partial charge in [-0.1, -0.05) is 65.7 Å². The summed E-state index contributed by atoms with van der Waals surface area (Å²) >= 11 is 12.2. The molecule has 1 aliphatic rings. The van der Waals surface area contributed by atoms with Crippen LogP contribution in [0.3, 0.4) is 0 Å². The minimum Gasteiger partial charge on any atom is -0.295 e. The van der Waals surface area contributed by atoms with E-state index in [4.69, 9.17) is 23.2 Å². The SMILES string of the molecule is ClC(C=NN1CCN(Cc2ccc(Cl)cc2)CC1)=Cc1ccccc1. The molecule has 1 saturated heterocycles. The van der Waals surface area contributed by atoms with Crippen molar-refractivity contribution in [1.29, 1.82) is 0 Å². The van der Waals surface area contributed by atoms with Gasteiger partial charge in [-0.15, -0.1) is 0 Å². The Balaban J connectivity index is 1.47. The molecule has 2 aromatic carbocycles. The van der Waals surface area contributed by atoms with Gasteiger partial charge in [0.2, 0.25) is 0 Å². The van der Waals surface area contributed by atoms with E-state index >= 15 is 0 Å². The lowest BCUT2D eigenvalue weighted by molar-refractivity contribution is 0.131. The van der Waals surface area contributed by atoms with Gasteiger partial charge in [-0.05, 0) is 29.3 Å². The number of hydrogen-bond acceptors (Lipinski definition) is 3. The van der Waals surface area contributed by atoms with E-state index in [0.29, 0.717) is 5.03 Å². The number of benzene rings is 2. The zero-order valence-corrected chi connectivity index (χ0v) is 15.5. The van der Waals surface area contributed by atoms with Gasteiger partial charge in [0.15, 0.2) is 0 Å². The highest BCUT2D eigenvalue weighted by molar-refractivity contribution is 6.41. The minimum absolute atomic E-state index is 0.634. The van der Waals surface area contributed by atoms with E-state index < -0.39 is 0 Å². The van der Waals surface area contributed by atoms with Gasteiger partial charge in [-0.2, -0.15) is 5.10 Å². The second kappa shape index (κ2) is 9.04. The molecule has 0 N–H and O–H groups in total. The normalized spacial score (nSPS) is 16.6. The Morgan fingerprint density at radius 2 is 1.64 bits per heavy atom. The van der Waals surface area contributed by atoms with Crippen LogP contribution in [-0.2, 0) is 6.54 Å². The average Bonchev–Trinajstić information content (AvgIpc) is 2.64. The molecule has 1 heterocycles. The fourth-order valence-corrected chi connectivity index (χ4v) is 3.04. The maximum absolute atomic E-state index is 6.25. The van der Waals surface area contributed by atoms with E-state index in [9.17, 15) is 0 Å². The molecule has 5 heteroatoms. The second-order valence-electron chi connectivity index (χ2n) is 6.04. The van der Waals surface area contributed by atoms with Crippen LogP contribution in [0.15, 0.2) is 64.7 Å². The Morgan fingerprint density at radius 3 is 2.32 bits per heavy atom. The van der Waals surface area contributed by atoms with Crippen LogP contribution in [0.4, 0.5) is 0 Å². The monoisotopic (exact) mass is 373 g/mol. The topological polar surface area (TPSA) is 18.8 Å². The average molecular weight is 374 g/mol. The second-order valence-corrected chi connectivity index (χ2v) is 6.91. The number of hydrogen-bond donors (Lipinski definition) is 0. The van der Waals surface area contributed by atoms with Crippen LogP contribution in [-0.4, -0.2) is 42.3 Å². The molecule has 0 aromatic heterocycles. The Hall–Kier alpha value is -1.81. The van der Waals surface area contributed by atoms with Gasteiger partial charge in [-0.25, -0.2) is 0 Å². The van der Waals surface area contributed by atoms with Gasteiger partial charge in [0.1, 0.15) is 0 Å². The highest BCUT2D eigenvalue weighted by atomic mass is 35.5. The Labute approximate surface area is 159 Å². The summed E-state index contributed by atoms with van der Waals surface area (Å²) in [6, 6.07) is 18.1. The van der Waals surface area contributed by atoms with E-state index in [-0.39, 0.29) is 0 Å². The zero-order chi connectivity index (χ0) is 17.5. The van der Waals surface area contributed by atoms with Crippen molar-refractivity contribution in [2.24, 2.45) is 5.10 Å². The lowest BCUT2D eigenvalue weighted by atomic mass is 10.2. The summed E-state index contributed by atoms with van der Waals surface area (Å²) in [6.45, 7) is 4.72. The first-order valence-corrected chi connectivity index (χ1v) is 9.12. The van der Waals surface area contributed by atoms with Crippen LogP contribution in [0.5, 0.6) is 0 Å². The van der Waals surface area contributed by atoms with E-state index in [1.165, 1.54) is 5.56 Å². The van der Waals surface area contributed by atoms with Crippen molar-refractivity contribution in [3.05, 3.63) is 75.8 Å². The number of halogens is 2. The standard InChI is InChI=1S/C20H21Cl2N3/c21-19-8-6-18(7-9-19)16-24-10-12-25(13-11-24)23-15-20(22)14-17-4-2-1-3-5-17/h1-9,14-15H,10-13,16H2. The van der Waals surface area contributed by atoms with Gasteiger partial charge in [0.25, 0.3) is 0 Å². The minimum atomic E-state index is 0.634. The molecule has 130 valence electrons. The van der Waals surface area contributed by atoms with Gasteiger partial charge >= 0.3 is 0 Å². The van der Waals surface area contributed by atoms with Crippen molar-refractivity contribution in [3.8, 4) is 0 Å². The highest BCUT2D eigenvalue weighted by Gasteiger charge is 2.15.